The van der Waals surface area contributed by atoms with Crippen LogP contribution in [0.25, 0.3) is 0 Å². The lowest BCUT2D eigenvalue weighted by Gasteiger charge is -2.29. The maximum atomic E-state index is 13.2. The number of nitrogens with one attached hydrogen (secondary N) is 3. The van der Waals surface area contributed by atoms with Crippen molar-refractivity contribution in [3.05, 3.63) is 0 Å². The van der Waals surface area contributed by atoms with Crippen molar-refractivity contribution in [1.29, 1.82) is 0 Å². The van der Waals surface area contributed by atoms with Gasteiger partial charge in [-0.25, -0.2) is 4.79 Å². The lowest BCUT2D eigenvalue weighted by molar-refractivity contribution is -0.149. The normalized spacial score (nSPS) is 20.9. The van der Waals surface area contributed by atoms with Crippen LogP contribution in [0.1, 0.15) is 71.6 Å². The minimum atomic E-state index is -1.11. The molecule has 0 aromatic carbocycles. The van der Waals surface area contributed by atoms with Gasteiger partial charge in [0.1, 0.15) is 30.2 Å². The summed E-state index contributed by atoms with van der Waals surface area (Å²) in [6, 6.07) is -5.94. The molecule has 6 atom stereocenters. The van der Waals surface area contributed by atoms with Crippen molar-refractivity contribution >= 4 is 41.4 Å². The number of nitrogens with two attached hydrogens (primary N) is 3. The van der Waals surface area contributed by atoms with E-state index in [1.807, 2.05) is 0 Å². The Balaban J connectivity index is 2.01. The molecule has 0 aliphatic carbocycles. The zero-order chi connectivity index (χ0) is 32.3. The van der Waals surface area contributed by atoms with Crippen molar-refractivity contribution in [3.63, 3.8) is 0 Å². The number of hydrogen-bond donors (Lipinski definition) is 7. The fourth-order valence-corrected chi connectivity index (χ4v) is 5.28. The summed E-state index contributed by atoms with van der Waals surface area (Å²) in [5.74, 6) is -4.56. The molecule has 6 amide bonds. The van der Waals surface area contributed by atoms with Crippen molar-refractivity contribution < 1.29 is 38.7 Å². The third-order valence-electron chi connectivity index (χ3n) is 7.74. The summed E-state index contributed by atoms with van der Waals surface area (Å²) in [5, 5.41) is 17.1. The van der Waals surface area contributed by atoms with Crippen molar-refractivity contribution in [3.8, 4) is 0 Å². The molecule has 0 saturated carbocycles. The van der Waals surface area contributed by atoms with Gasteiger partial charge in [-0.2, -0.15) is 0 Å². The highest BCUT2D eigenvalue weighted by atomic mass is 16.4. The molecule has 0 radical (unpaired) electrons. The molecule has 0 bridgehead atoms. The average molecular weight is 611 g/mol. The molecule has 2 heterocycles. The molecule has 2 saturated heterocycles. The number of primary amides is 1. The van der Waals surface area contributed by atoms with Crippen LogP contribution in [0.5, 0.6) is 0 Å². The summed E-state index contributed by atoms with van der Waals surface area (Å²) in [5.41, 5.74) is 16.7. The second-order valence-electron chi connectivity index (χ2n) is 11.1. The Kier molecular flexibility index (Phi) is 13.8. The zero-order valence-corrected chi connectivity index (χ0v) is 24.9. The molecule has 2 aliphatic rings. The van der Waals surface area contributed by atoms with E-state index in [0.29, 0.717) is 51.6 Å². The van der Waals surface area contributed by atoms with E-state index in [0.717, 1.165) is 0 Å². The molecule has 0 aromatic rings. The number of amides is 6. The number of carbonyl (C=O) groups is 7. The van der Waals surface area contributed by atoms with E-state index in [2.05, 4.69) is 16.0 Å². The van der Waals surface area contributed by atoms with E-state index < -0.39 is 77.7 Å². The molecule has 10 N–H and O–H groups in total. The highest BCUT2D eigenvalue weighted by molar-refractivity contribution is 5.96. The highest BCUT2D eigenvalue weighted by Crippen LogP contribution is 2.20. The molecule has 2 aliphatic heterocycles. The number of likely N-dealkylation sites (tertiary alicyclic amines) is 2. The first-order chi connectivity index (χ1) is 20.3. The molecule has 16 heteroatoms. The van der Waals surface area contributed by atoms with Gasteiger partial charge in [0.05, 0.1) is 6.04 Å². The molecular weight excluding hydrogens is 564 g/mol. The number of carbonyl (C=O) groups excluding carboxylic acids is 6. The van der Waals surface area contributed by atoms with Crippen molar-refractivity contribution in [1.82, 2.24) is 25.8 Å². The standard InChI is InChI=1S/C27H46N8O8/c1-15(22(37)32-16(2)25(40)35-14-6-9-20(35)27(42)43)31-23(38)18(7-3-4-12-28)33-24(39)19-8-5-13-34(19)26(41)17(29)10-11-21(30)36/h15-20H,3-14,28-29H2,1-2H3,(H2,30,36)(H,31,38)(H,32,37)(H,33,39)(H,42,43)/t15-,16-,17-,18-,19-,20-/m0/s1. The molecule has 2 rings (SSSR count). The summed E-state index contributed by atoms with van der Waals surface area (Å²) < 4.78 is 0. The quantitative estimate of drug-likeness (QED) is 0.0887. The first-order valence-corrected chi connectivity index (χ1v) is 14.8. The minimum absolute atomic E-state index is 0.0471. The van der Waals surface area contributed by atoms with Gasteiger partial charge in [-0.05, 0) is 71.8 Å². The fraction of sp³-hybridized carbons (Fsp3) is 0.741. The van der Waals surface area contributed by atoms with Gasteiger partial charge in [-0.3, -0.25) is 28.8 Å². The number of aliphatic carboxylic acids is 1. The van der Waals surface area contributed by atoms with Gasteiger partial charge < -0.3 is 48.1 Å². The predicted molar refractivity (Wildman–Crippen MR) is 154 cm³/mol. The largest absolute Gasteiger partial charge is 0.480 e. The lowest BCUT2D eigenvalue weighted by Crippen LogP contribution is -2.58. The number of hydrogen-bond acceptors (Lipinski definition) is 9. The monoisotopic (exact) mass is 610 g/mol. The predicted octanol–water partition coefficient (Wildman–Crippen LogP) is -2.73. The molecule has 2 fully saturated rings. The molecule has 16 nitrogen and oxygen atoms in total. The zero-order valence-electron chi connectivity index (χ0n) is 24.9. The fourth-order valence-electron chi connectivity index (χ4n) is 5.28. The van der Waals surface area contributed by atoms with Crippen LogP contribution in [-0.4, -0.2) is 112 Å². The maximum absolute atomic E-state index is 13.2. The van der Waals surface area contributed by atoms with Crippen molar-refractivity contribution in [2.45, 2.75) is 108 Å². The summed E-state index contributed by atoms with van der Waals surface area (Å²) in [6.07, 6.45) is 3.09. The van der Waals surface area contributed by atoms with Crippen molar-refractivity contribution in [2.75, 3.05) is 19.6 Å². The summed E-state index contributed by atoms with van der Waals surface area (Å²) in [6.45, 7) is 3.81. The van der Waals surface area contributed by atoms with E-state index in [1.165, 1.54) is 23.6 Å². The van der Waals surface area contributed by atoms with Crippen LogP contribution < -0.4 is 33.2 Å². The highest BCUT2D eigenvalue weighted by Gasteiger charge is 2.39. The third kappa shape index (κ3) is 10.2. The third-order valence-corrected chi connectivity index (χ3v) is 7.74. The smallest absolute Gasteiger partial charge is 0.326 e. The van der Waals surface area contributed by atoms with E-state index >= 15 is 0 Å². The molecular formula is C27H46N8O8. The second kappa shape index (κ2) is 16.7. The van der Waals surface area contributed by atoms with Crippen LogP contribution in [0.15, 0.2) is 0 Å². The Morgan fingerprint density at radius 2 is 1.40 bits per heavy atom. The Hall–Kier alpha value is -3.79. The van der Waals surface area contributed by atoms with E-state index in [9.17, 15) is 38.7 Å². The number of carboxylic acid groups (broad SMARTS) is 1. The average Bonchev–Trinajstić information content (AvgIpc) is 3.65. The Morgan fingerprint density at radius 3 is 1.98 bits per heavy atom. The van der Waals surface area contributed by atoms with E-state index in [1.54, 1.807) is 0 Å². The Bertz CT molecular complexity index is 1060. The van der Waals surface area contributed by atoms with Gasteiger partial charge in [0.2, 0.25) is 35.4 Å². The van der Waals surface area contributed by atoms with Crippen LogP contribution in [0.4, 0.5) is 0 Å². The molecule has 43 heavy (non-hydrogen) atoms. The summed E-state index contributed by atoms with van der Waals surface area (Å²) in [4.78, 5) is 90.0. The molecule has 0 unspecified atom stereocenters. The lowest BCUT2D eigenvalue weighted by atomic mass is 10.1. The molecule has 0 spiro atoms. The maximum Gasteiger partial charge on any atom is 0.326 e. The van der Waals surface area contributed by atoms with Crippen molar-refractivity contribution in [2.24, 2.45) is 17.2 Å². The first kappa shape index (κ1) is 35.4. The van der Waals surface area contributed by atoms with Crippen LogP contribution in [0.2, 0.25) is 0 Å². The first-order valence-electron chi connectivity index (χ1n) is 14.8. The minimum Gasteiger partial charge on any atom is -0.480 e. The van der Waals surface area contributed by atoms with Gasteiger partial charge in [0.25, 0.3) is 0 Å². The number of unbranched alkanes of at least 4 members (excludes halogenated alkanes) is 1. The van der Waals surface area contributed by atoms with Crippen LogP contribution in [0, 0.1) is 0 Å². The van der Waals surface area contributed by atoms with Crippen LogP contribution >= 0.6 is 0 Å². The second-order valence-corrected chi connectivity index (χ2v) is 11.1. The van der Waals surface area contributed by atoms with Crippen LogP contribution in [0.3, 0.4) is 0 Å². The summed E-state index contributed by atoms with van der Waals surface area (Å²) >= 11 is 0. The van der Waals surface area contributed by atoms with Gasteiger partial charge >= 0.3 is 5.97 Å². The SMILES string of the molecule is C[C@H](NC(=O)[C@H](CCCCN)NC(=O)[C@@H]1CCCN1C(=O)[C@@H](N)CCC(N)=O)C(=O)N[C@@H](C)C(=O)N1CCC[C@H]1C(=O)O. The van der Waals surface area contributed by atoms with E-state index in [4.69, 9.17) is 17.2 Å². The van der Waals surface area contributed by atoms with Gasteiger partial charge in [-0.1, -0.05) is 0 Å². The molecule has 0 aromatic heterocycles. The Morgan fingerprint density at radius 1 is 0.814 bits per heavy atom. The summed E-state index contributed by atoms with van der Waals surface area (Å²) in [7, 11) is 0. The van der Waals surface area contributed by atoms with Gasteiger partial charge in [0.15, 0.2) is 0 Å². The van der Waals surface area contributed by atoms with Gasteiger partial charge in [0, 0.05) is 19.5 Å². The number of carboxylic acids is 1. The molecule has 242 valence electrons. The topological polar surface area (TPSA) is 260 Å². The van der Waals surface area contributed by atoms with E-state index in [-0.39, 0.29) is 25.8 Å². The van der Waals surface area contributed by atoms with Crippen LogP contribution in [-0.2, 0) is 33.6 Å². The Labute approximate surface area is 250 Å². The number of nitrogens with zero attached hydrogens (tertiary/aromatic N) is 2. The van der Waals surface area contributed by atoms with Gasteiger partial charge in [-0.15, -0.1) is 0 Å². The number of rotatable bonds is 16.